The summed E-state index contributed by atoms with van der Waals surface area (Å²) >= 11 is 9.44. The number of ketones is 1. The van der Waals surface area contributed by atoms with Gasteiger partial charge in [-0.2, -0.15) is 0 Å². The van der Waals surface area contributed by atoms with Gasteiger partial charge in [0.15, 0.2) is 5.78 Å². The molecule has 2 aromatic rings. The van der Waals surface area contributed by atoms with Crippen LogP contribution in [0.4, 0.5) is 0 Å². The first kappa shape index (κ1) is 14.3. The van der Waals surface area contributed by atoms with E-state index in [0.29, 0.717) is 17.0 Å². The predicted molar refractivity (Wildman–Crippen MR) is 83.1 cm³/mol. The first-order valence-electron chi connectivity index (χ1n) is 6.01. The number of rotatable bonds is 3. The highest BCUT2D eigenvalue weighted by molar-refractivity contribution is 9.10. The number of carbonyl (C=O) groups is 1. The van der Waals surface area contributed by atoms with Crippen LogP contribution in [0, 0.1) is 13.8 Å². The average molecular weight is 338 g/mol. The molecule has 2 aromatic carbocycles. The molecule has 0 radical (unpaired) electrons. The Morgan fingerprint density at radius 1 is 1.11 bits per heavy atom. The van der Waals surface area contributed by atoms with Gasteiger partial charge in [0.05, 0.1) is 5.02 Å². The first-order valence-corrected chi connectivity index (χ1v) is 7.18. The molecule has 19 heavy (non-hydrogen) atoms. The van der Waals surface area contributed by atoms with Crippen molar-refractivity contribution in [2.24, 2.45) is 0 Å². The molecule has 0 heterocycles. The third kappa shape index (κ3) is 3.68. The summed E-state index contributed by atoms with van der Waals surface area (Å²) in [6, 6.07) is 11.5. The maximum Gasteiger partial charge on any atom is 0.168 e. The van der Waals surface area contributed by atoms with Crippen molar-refractivity contribution in [3.63, 3.8) is 0 Å². The van der Waals surface area contributed by atoms with E-state index >= 15 is 0 Å². The van der Waals surface area contributed by atoms with Gasteiger partial charge in [0.1, 0.15) is 0 Å². The summed E-state index contributed by atoms with van der Waals surface area (Å²) < 4.78 is 0.875. The lowest BCUT2D eigenvalue weighted by Gasteiger charge is -2.06. The lowest BCUT2D eigenvalue weighted by molar-refractivity contribution is 0.0993. The zero-order valence-electron chi connectivity index (χ0n) is 10.8. The van der Waals surface area contributed by atoms with Crippen LogP contribution < -0.4 is 0 Å². The predicted octanol–water partition coefficient (Wildman–Crippen LogP) is 5.14. The van der Waals surface area contributed by atoms with Crippen LogP contribution in [0.1, 0.15) is 27.0 Å². The van der Waals surface area contributed by atoms with E-state index in [4.69, 9.17) is 11.6 Å². The summed E-state index contributed by atoms with van der Waals surface area (Å²) in [7, 11) is 0. The van der Waals surface area contributed by atoms with Gasteiger partial charge in [-0.1, -0.05) is 56.9 Å². The molecular weight excluding hydrogens is 324 g/mol. The van der Waals surface area contributed by atoms with Crippen LogP contribution in [0.5, 0.6) is 0 Å². The van der Waals surface area contributed by atoms with Crippen molar-refractivity contribution in [2.45, 2.75) is 20.3 Å². The van der Waals surface area contributed by atoms with Gasteiger partial charge in [-0.15, -0.1) is 0 Å². The molecule has 0 aliphatic heterocycles. The van der Waals surface area contributed by atoms with E-state index in [1.54, 1.807) is 12.1 Å². The van der Waals surface area contributed by atoms with Gasteiger partial charge in [0.2, 0.25) is 0 Å². The van der Waals surface area contributed by atoms with Gasteiger partial charge < -0.3 is 0 Å². The van der Waals surface area contributed by atoms with E-state index in [9.17, 15) is 4.79 Å². The third-order valence-corrected chi connectivity index (χ3v) is 3.68. The molecule has 0 fully saturated rings. The van der Waals surface area contributed by atoms with Crippen LogP contribution in [0.3, 0.4) is 0 Å². The Balaban J connectivity index is 2.25. The molecule has 3 heteroatoms. The molecule has 0 unspecified atom stereocenters. The Labute approximate surface area is 126 Å². The minimum atomic E-state index is 0.0440. The second kappa shape index (κ2) is 5.89. The van der Waals surface area contributed by atoms with Crippen LogP contribution >= 0.6 is 27.5 Å². The maximum atomic E-state index is 12.3. The number of hydrogen-bond donors (Lipinski definition) is 0. The van der Waals surface area contributed by atoms with Crippen molar-refractivity contribution >= 4 is 33.3 Å². The minimum Gasteiger partial charge on any atom is -0.294 e. The molecule has 0 N–H and O–H groups in total. The van der Waals surface area contributed by atoms with E-state index in [-0.39, 0.29) is 5.78 Å². The van der Waals surface area contributed by atoms with E-state index in [0.717, 1.165) is 10.0 Å². The van der Waals surface area contributed by atoms with Crippen molar-refractivity contribution in [3.05, 3.63) is 68.1 Å². The lowest BCUT2D eigenvalue weighted by Crippen LogP contribution is -2.04. The Bertz CT molecular complexity index is 614. The Morgan fingerprint density at radius 2 is 1.74 bits per heavy atom. The Morgan fingerprint density at radius 3 is 2.32 bits per heavy atom. The largest absolute Gasteiger partial charge is 0.294 e. The second-order valence-electron chi connectivity index (χ2n) is 4.72. The molecule has 2 rings (SSSR count). The summed E-state index contributed by atoms with van der Waals surface area (Å²) in [6.07, 6.45) is 0.379. The third-order valence-electron chi connectivity index (χ3n) is 2.88. The zero-order valence-corrected chi connectivity index (χ0v) is 13.2. The van der Waals surface area contributed by atoms with E-state index in [1.165, 1.54) is 11.1 Å². The maximum absolute atomic E-state index is 12.3. The highest BCUT2D eigenvalue weighted by Gasteiger charge is 2.11. The summed E-state index contributed by atoms with van der Waals surface area (Å²) in [5.41, 5.74) is 3.94. The number of benzene rings is 2. The number of hydrogen-bond acceptors (Lipinski definition) is 1. The van der Waals surface area contributed by atoms with Crippen molar-refractivity contribution in [1.82, 2.24) is 0 Å². The van der Waals surface area contributed by atoms with Crippen LogP contribution in [0.2, 0.25) is 5.02 Å². The van der Waals surface area contributed by atoms with Crippen LogP contribution in [0.25, 0.3) is 0 Å². The molecule has 0 spiro atoms. The normalized spacial score (nSPS) is 10.5. The Hall–Kier alpha value is -1.12. The smallest absolute Gasteiger partial charge is 0.168 e. The monoisotopic (exact) mass is 336 g/mol. The summed E-state index contributed by atoms with van der Waals surface area (Å²) in [4.78, 5) is 12.3. The molecule has 0 bridgehead atoms. The number of carbonyl (C=O) groups excluding carboxylic acids is 1. The van der Waals surface area contributed by atoms with Gasteiger partial charge in [-0.3, -0.25) is 4.79 Å². The molecule has 0 saturated carbocycles. The first-order chi connectivity index (χ1) is 8.95. The Kier molecular flexibility index (Phi) is 4.43. The number of aryl methyl sites for hydroxylation is 2. The molecule has 0 aliphatic carbocycles. The second-order valence-corrected chi connectivity index (χ2v) is 6.04. The molecule has 0 atom stereocenters. The highest BCUT2D eigenvalue weighted by Crippen LogP contribution is 2.23. The number of halogens is 2. The molecule has 1 nitrogen and oxygen atoms in total. The van der Waals surface area contributed by atoms with Crippen molar-refractivity contribution in [1.29, 1.82) is 0 Å². The van der Waals surface area contributed by atoms with Crippen LogP contribution in [0.15, 0.2) is 40.9 Å². The fraction of sp³-hybridized carbons (Fsp3) is 0.188. The van der Waals surface area contributed by atoms with E-state index in [1.807, 2.05) is 32.0 Å². The molecule has 0 saturated heterocycles. The molecule has 0 aromatic heterocycles. The molecular formula is C16H14BrClO. The fourth-order valence-corrected chi connectivity index (χ4v) is 2.95. The summed E-state index contributed by atoms with van der Waals surface area (Å²) in [5, 5.41) is 0.490. The van der Waals surface area contributed by atoms with E-state index < -0.39 is 0 Å². The van der Waals surface area contributed by atoms with Gasteiger partial charge in [-0.25, -0.2) is 0 Å². The zero-order chi connectivity index (χ0) is 14.0. The summed E-state index contributed by atoms with van der Waals surface area (Å²) in [5.74, 6) is 0.0440. The molecule has 98 valence electrons. The van der Waals surface area contributed by atoms with Gasteiger partial charge in [0, 0.05) is 16.5 Å². The molecule has 0 amide bonds. The van der Waals surface area contributed by atoms with E-state index in [2.05, 4.69) is 22.0 Å². The average Bonchev–Trinajstić information content (AvgIpc) is 2.26. The highest BCUT2D eigenvalue weighted by atomic mass is 79.9. The van der Waals surface area contributed by atoms with Crippen LogP contribution in [-0.4, -0.2) is 5.78 Å². The topological polar surface area (TPSA) is 17.1 Å². The number of Topliss-reactive ketones (excluding diaryl/α,β-unsaturated/α-hetero) is 1. The summed E-state index contributed by atoms with van der Waals surface area (Å²) in [6.45, 7) is 4.07. The quantitative estimate of drug-likeness (QED) is 0.708. The fourth-order valence-electron chi connectivity index (χ4n) is 2.17. The van der Waals surface area contributed by atoms with Crippen molar-refractivity contribution in [3.8, 4) is 0 Å². The van der Waals surface area contributed by atoms with Crippen LogP contribution in [-0.2, 0) is 6.42 Å². The van der Waals surface area contributed by atoms with Crippen molar-refractivity contribution in [2.75, 3.05) is 0 Å². The molecule has 0 aliphatic rings. The SMILES string of the molecule is Cc1cc(C)cc(CC(=O)c2ccc(Br)cc2Cl)c1. The lowest BCUT2D eigenvalue weighted by atomic mass is 10.00. The van der Waals surface area contributed by atoms with Gasteiger partial charge in [-0.05, 0) is 37.6 Å². The van der Waals surface area contributed by atoms with Crippen molar-refractivity contribution < 1.29 is 4.79 Å². The van der Waals surface area contributed by atoms with Gasteiger partial charge in [0.25, 0.3) is 0 Å². The van der Waals surface area contributed by atoms with Gasteiger partial charge >= 0.3 is 0 Å². The minimum absolute atomic E-state index is 0.0440. The standard InChI is InChI=1S/C16H14BrClO/c1-10-5-11(2)7-12(6-10)8-16(19)14-4-3-13(17)9-15(14)18/h3-7,9H,8H2,1-2H3.